The van der Waals surface area contributed by atoms with Crippen molar-refractivity contribution in [3.63, 3.8) is 0 Å². The van der Waals surface area contributed by atoms with Crippen LogP contribution in [-0.4, -0.2) is 47.2 Å². The van der Waals surface area contributed by atoms with E-state index in [1.165, 1.54) is 0 Å². The Hall–Kier alpha value is -3.38. The van der Waals surface area contributed by atoms with Gasteiger partial charge in [-0.2, -0.15) is 5.10 Å². The maximum atomic E-state index is 12.3. The van der Waals surface area contributed by atoms with Crippen LogP contribution < -0.4 is 4.74 Å². The van der Waals surface area contributed by atoms with Crippen molar-refractivity contribution in [2.24, 2.45) is 0 Å². The molecule has 0 atom stereocenters. The van der Waals surface area contributed by atoms with Crippen LogP contribution in [0.25, 0.3) is 33.4 Å². The molecule has 29 heavy (non-hydrogen) atoms. The number of hydrogen-bond donors (Lipinski definition) is 1. The Labute approximate surface area is 173 Å². The van der Waals surface area contributed by atoms with Crippen LogP contribution in [0.5, 0.6) is 5.75 Å². The van der Waals surface area contributed by atoms with Crippen molar-refractivity contribution in [1.29, 1.82) is 0 Å². The van der Waals surface area contributed by atoms with Gasteiger partial charge in [-0.15, -0.1) is 0 Å². The molecule has 4 rings (SSSR count). The number of amides is 1. The topological polar surface area (TPSA) is 71.1 Å². The zero-order valence-electron chi connectivity index (χ0n) is 16.2. The van der Waals surface area contributed by atoms with E-state index in [1.54, 1.807) is 44.4 Å². The summed E-state index contributed by atoms with van der Waals surface area (Å²) in [5.74, 6) is 0.595. The first-order valence-corrected chi connectivity index (χ1v) is 9.36. The highest BCUT2D eigenvalue weighted by Gasteiger charge is 2.17. The minimum atomic E-state index is -0.0503. The number of aromatic amines is 1. The van der Waals surface area contributed by atoms with Gasteiger partial charge in [0.25, 0.3) is 5.91 Å². The highest BCUT2D eigenvalue weighted by Crippen LogP contribution is 2.39. The molecule has 6 nitrogen and oxygen atoms in total. The zero-order chi connectivity index (χ0) is 20.5. The van der Waals surface area contributed by atoms with Crippen LogP contribution in [0.15, 0.2) is 54.7 Å². The molecule has 0 bridgehead atoms. The molecular formula is C22H19ClN4O2. The largest absolute Gasteiger partial charge is 0.496 e. The molecule has 2 heterocycles. The summed E-state index contributed by atoms with van der Waals surface area (Å²) in [4.78, 5) is 18.3. The zero-order valence-corrected chi connectivity index (χ0v) is 17.0. The van der Waals surface area contributed by atoms with Gasteiger partial charge in [-0.05, 0) is 35.9 Å². The van der Waals surface area contributed by atoms with Crippen molar-refractivity contribution < 1.29 is 9.53 Å². The number of pyridine rings is 1. The summed E-state index contributed by atoms with van der Waals surface area (Å²) in [6.45, 7) is 0. The number of halogens is 1. The Kier molecular flexibility index (Phi) is 4.94. The second-order valence-electron chi connectivity index (χ2n) is 6.79. The molecule has 0 aliphatic carbocycles. The number of H-pyrrole nitrogens is 1. The van der Waals surface area contributed by atoms with Crippen LogP contribution in [0, 0.1) is 0 Å². The molecule has 0 unspecified atom stereocenters. The van der Waals surface area contributed by atoms with Crippen LogP contribution in [0.2, 0.25) is 5.02 Å². The van der Waals surface area contributed by atoms with Gasteiger partial charge in [0, 0.05) is 36.8 Å². The van der Waals surface area contributed by atoms with E-state index < -0.39 is 0 Å². The number of fused-ring (bicyclic) bond motifs is 1. The summed E-state index contributed by atoms with van der Waals surface area (Å²) in [5, 5.41) is 8.71. The van der Waals surface area contributed by atoms with E-state index >= 15 is 0 Å². The van der Waals surface area contributed by atoms with E-state index in [0.29, 0.717) is 22.0 Å². The third-order valence-electron chi connectivity index (χ3n) is 4.70. The van der Waals surface area contributed by atoms with Gasteiger partial charge in [0.1, 0.15) is 5.75 Å². The predicted molar refractivity (Wildman–Crippen MR) is 114 cm³/mol. The Morgan fingerprint density at radius 2 is 1.90 bits per heavy atom. The summed E-state index contributed by atoms with van der Waals surface area (Å²) < 4.78 is 5.48. The Balaban J connectivity index is 1.86. The first-order valence-electron chi connectivity index (χ1n) is 8.98. The number of nitrogens with one attached hydrogen (secondary N) is 1. The van der Waals surface area contributed by atoms with E-state index in [4.69, 9.17) is 16.3 Å². The van der Waals surface area contributed by atoms with Crippen molar-refractivity contribution in [2.45, 2.75) is 0 Å². The van der Waals surface area contributed by atoms with Crippen LogP contribution in [0.1, 0.15) is 10.4 Å². The van der Waals surface area contributed by atoms with Crippen LogP contribution >= 0.6 is 11.6 Å². The van der Waals surface area contributed by atoms with Gasteiger partial charge in [-0.1, -0.05) is 29.8 Å². The minimum absolute atomic E-state index is 0.0503. The van der Waals surface area contributed by atoms with Crippen molar-refractivity contribution in [3.05, 3.63) is 65.3 Å². The fourth-order valence-electron chi connectivity index (χ4n) is 3.26. The summed E-state index contributed by atoms with van der Waals surface area (Å²) in [6.07, 6.45) is 1.75. The molecule has 1 amide bonds. The number of ether oxygens (including phenoxy) is 1. The number of hydrogen-bond acceptors (Lipinski definition) is 4. The number of aromatic nitrogens is 3. The van der Waals surface area contributed by atoms with Gasteiger partial charge in [0.2, 0.25) is 0 Å². The highest BCUT2D eigenvalue weighted by molar-refractivity contribution is 6.34. The fraction of sp³-hybridized carbons (Fsp3) is 0.136. The minimum Gasteiger partial charge on any atom is -0.496 e. The Morgan fingerprint density at radius 3 is 2.66 bits per heavy atom. The molecule has 0 aliphatic rings. The SMILES string of the molecule is COc1cccc(Cl)c1-c1[nH]nc2ncc(-c3cccc(C(=O)N(C)C)c3)cc12. The van der Waals surface area contributed by atoms with Crippen LogP contribution in [0.3, 0.4) is 0 Å². The van der Waals surface area contributed by atoms with E-state index in [0.717, 1.165) is 27.8 Å². The Morgan fingerprint density at radius 1 is 1.10 bits per heavy atom. The smallest absolute Gasteiger partial charge is 0.253 e. The van der Waals surface area contributed by atoms with Gasteiger partial charge in [0.15, 0.2) is 5.65 Å². The monoisotopic (exact) mass is 406 g/mol. The molecule has 4 aromatic rings. The number of nitrogens with zero attached hydrogens (tertiary/aromatic N) is 3. The number of methoxy groups -OCH3 is 1. The maximum absolute atomic E-state index is 12.3. The second kappa shape index (κ2) is 7.56. The quantitative estimate of drug-likeness (QED) is 0.535. The number of carbonyl (C=O) groups is 1. The van der Waals surface area contributed by atoms with E-state index in [9.17, 15) is 4.79 Å². The Bertz CT molecular complexity index is 1220. The average molecular weight is 407 g/mol. The lowest BCUT2D eigenvalue weighted by molar-refractivity contribution is 0.0827. The first kappa shape index (κ1) is 19.0. The molecule has 0 aliphatic heterocycles. The molecule has 0 saturated heterocycles. The van der Waals surface area contributed by atoms with E-state index in [2.05, 4.69) is 15.2 Å². The summed E-state index contributed by atoms with van der Waals surface area (Å²) >= 11 is 6.45. The third kappa shape index (κ3) is 3.43. The molecule has 2 aromatic heterocycles. The molecule has 0 fully saturated rings. The fourth-order valence-corrected chi connectivity index (χ4v) is 3.52. The van der Waals surface area contributed by atoms with Gasteiger partial charge in [-0.3, -0.25) is 9.89 Å². The molecule has 2 aromatic carbocycles. The number of carbonyl (C=O) groups excluding carboxylic acids is 1. The maximum Gasteiger partial charge on any atom is 0.253 e. The lowest BCUT2D eigenvalue weighted by atomic mass is 10.0. The predicted octanol–water partition coefficient (Wildman–Crippen LogP) is 4.66. The lowest BCUT2D eigenvalue weighted by Gasteiger charge is -2.11. The number of benzene rings is 2. The van der Waals surface area contributed by atoms with Crippen molar-refractivity contribution >= 4 is 28.5 Å². The van der Waals surface area contributed by atoms with Gasteiger partial charge >= 0.3 is 0 Å². The van der Waals surface area contributed by atoms with Gasteiger partial charge in [-0.25, -0.2) is 4.98 Å². The van der Waals surface area contributed by atoms with Crippen molar-refractivity contribution in [3.8, 4) is 28.1 Å². The first-order chi connectivity index (χ1) is 14.0. The van der Waals surface area contributed by atoms with Gasteiger partial charge in [0.05, 0.1) is 23.4 Å². The molecule has 146 valence electrons. The van der Waals surface area contributed by atoms with Crippen molar-refractivity contribution in [2.75, 3.05) is 21.2 Å². The van der Waals surface area contributed by atoms with Crippen LogP contribution in [-0.2, 0) is 0 Å². The molecule has 1 N–H and O–H groups in total. The summed E-state index contributed by atoms with van der Waals surface area (Å²) in [7, 11) is 5.07. The lowest BCUT2D eigenvalue weighted by Crippen LogP contribution is -2.21. The summed E-state index contributed by atoms with van der Waals surface area (Å²) in [5.41, 5.74) is 4.43. The van der Waals surface area contributed by atoms with Crippen molar-refractivity contribution in [1.82, 2.24) is 20.1 Å². The molecule has 0 spiro atoms. The molecular weight excluding hydrogens is 388 g/mol. The molecule has 7 heteroatoms. The number of rotatable bonds is 4. The average Bonchev–Trinajstić information content (AvgIpc) is 3.15. The standard InChI is InChI=1S/C22H19ClN4O2/c1-27(2)22(28)14-7-4-6-13(10-14)15-11-16-20(25-26-21(16)24-12-15)19-17(23)8-5-9-18(19)29-3/h4-12H,1-3H3,(H,24,25,26). The second-order valence-corrected chi connectivity index (χ2v) is 7.20. The van der Waals surface area contributed by atoms with Gasteiger partial charge < -0.3 is 9.64 Å². The van der Waals surface area contributed by atoms with Crippen LogP contribution in [0.4, 0.5) is 0 Å². The normalized spacial score (nSPS) is 10.9. The third-order valence-corrected chi connectivity index (χ3v) is 5.02. The summed E-state index contributed by atoms with van der Waals surface area (Å²) in [6, 6.07) is 15.0. The van der Waals surface area contributed by atoms with E-state index in [-0.39, 0.29) is 5.91 Å². The molecule has 0 saturated carbocycles. The molecule has 0 radical (unpaired) electrons. The highest BCUT2D eigenvalue weighted by atomic mass is 35.5. The van der Waals surface area contributed by atoms with E-state index in [1.807, 2.05) is 36.4 Å².